The van der Waals surface area contributed by atoms with E-state index in [1.807, 2.05) is 6.92 Å². The average Bonchev–Trinajstić information content (AvgIpc) is 2.28. The number of nitrogens with one attached hydrogen (secondary N) is 1. The van der Waals surface area contributed by atoms with Crippen molar-refractivity contribution < 1.29 is 9.18 Å². The Morgan fingerprint density at radius 3 is 2.47 bits per heavy atom. The molecule has 0 aromatic heterocycles. The van der Waals surface area contributed by atoms with E-state index in [0.717, 1.165) is 6.42 Å². The Morgan fingerprint density at radius 2 is 2.00 bits per heavy atom. The Bertz CT molecular complexity index is 362. The van der Waals surface area contributed by atoms with Crippen LogP contribution >= 0.6 is 0 Å². The summed E-state index contributed by atoms with van der Waals surface area (Å²) < 4.78 is 12.9. The van der Waals surface area contributed by atoms with Crippen LogP contribution in [0.2, 0.25) is 0 Å². The predicted molar refractivity (Wildman–Crippen MR) is 67.6 cm³/mol. The first-order valence-electron chi connectivity index (χ1n) is 5.83. The van der Waals surface area contributed by atoms with Gasteiger partial charge >= 0.3 is 0 Å². The van der Waals surface area contributed by atoms with Gasteiger partial charge in [-0.3, -0.25) is 4.79 Å². The molecule has 4 heteroatoms. The summed E-state index contributed by atoms with van der Waals surface area (Å²) in [6, 6.07) is 6.55. The molecule has 0 saturated heterocycles. The number of rotatable bonds is 5. The molecular formula is C13H19FN2O. The Hall–Kier alpha value is -1.58. The van der Waals surface area contributed by atoms with Crippen molar-refractivity contribution >= 4 is 11.6 Å². The van der Waals surface area contributed by atoms with E-state index in [1.165, 1.54) is 6.92 Å². The molecule has 0 bridgehead atoms. The summed E-state index contributed by atoms with van der Waals surface area (Å²) in [5.74, 6) is -0.183. The van der Waals surface area contributed by atoms with E-state index in [2.05, 4.69) is 5.32 Å². The van der Waals surface area contributed by atoms with Crippen molar-refractivity contribution in [3.05, 3.63) is 29.8 Å². The molecule has 3 nitrogen and oxygen atoms in total. The van der Waals surface area contributed by atoms with Crippen molar-refractivity contribution in [2.75, 3.05) is 5.73 Å². The molecule has 2 unspecified atom stereocenters. The van der Waals surface area contributed by atoms with E-state index in [9.17, 15) is 9.18 Å². The lowest BCUT2D eigenvalue weighted by atomic mass is 10.1. The smallest absolute Gasteiger partial charge is 0.251 e. The zero-order valence-corrected chi connectivity index (χ0v) is 10.2. The molecule has 0 fully saturated rings. The summed E-state index contributed by atoms with van der Waals surface area (Å²) in [6.07, 6.45) is 0.151. The topological polar surface area (TPSA) is 55.1 Å². The zero-order valence-electron chi connectivity index (χ0n) is 10.2. The van der Waals surface area contributed by atoms with Crippen LogP contribution in [0.5, 0.6) is 0 Å². The Labute approximate surface area is 101 Å². The van der Waals surface area contributed by atoms with Crippen LogP contribution in [-0.2, 0) is 0 Å². The third-order valence-electron chi connectivity index (χ3n) is 2.61. The number of hydrogen-bond acceptors (Lipinski definition) is 2. The van der Waals surface area contributed by atoms with Gasteiger partial charge in [0.05, 0.1) is 6.17 Å². The number of carbonyl (C=O) groups is 1. The lowest BCUT2D eigenvalue weighted by Crippen LogP contribution is -2.35. The van der Waals surface area contributed by atoms with Gasteiger partial charge in [-0.15, -0.1) is 0 Å². The molecule has 94 valence electrons. The molecule has 0 aliphatic carbocycles. The molecule has 0 spiro atoms. The van der Waals surface area contributed by atoms with Crippen LogP contribution in [0.15, 0.2) is 24.3 Å². The highest BCUT2D eigenvalue weighted by Crippen LogP contribution is 2.09. The van der Waals surface area contributed by atoms with Crippen molar-refractivity contribution in [3.8, 4) is 0 Å². The minimum Gasteiger partial charge on any atom is -0.399 e. The SMILES string of the molecule is CCC(CC(C)F)NC(=O)c1ccc(N)cc1. The first kappa shape index (κ1) is 13.5. The van der Waals surface area contributed by atoms with Crippen molar-refractivity contribution in [1.29, 1.82) is 0 Å². The second kappa shape index (κ2) is 6.23. The summed E-state index contributed by atoms with van der Waals surface area (Å²) >= 11 is 0. The number of anilines is 1. The molecule has 17 heavy (non-hydrogen) atoms. The first-order chi connectivity index (χ1) is 8.02. The van der Waals surface area contributed by atoms with Gasteiger partial charge < -0.3 is 11.1 Å². The fourth-order valence-electron chi connectivity index (χ4n) is 1.62. The maximum atomic E-state index is 12.9. The quantitative estimate of drug-likeness (QED) is 0.774. The van der Waals surface area contributed by atoms with Crippen molar-refractivity contribution in [3.63, 3.8) is 0 Å². The molecule has 3 N–H and O–H groups in total. The van der Waals surface area contributed by atoms with Crippen molar-refractivity contribution in [1.82, 2.24) is 5.32 Å². The maximum Gasteiger partial charge on any atom is 0.251 e. The lowest BCUT2D eigenvalue weighted by Gasteiger charge is -2.17. The first-order valence-corrected chi connectivity index (χ1v) is 5.83. The van der Waals surface area contributed by atoms with Gasteiger partial charge in [0.2, 0.25) is 0 Å². The van der Waals surface area contributed by atoms with Gasteiger partial charge in [0.15, 0.2) is 0 Å². The highest BCUT2D eigenvalue weighted by atomic mass is 19.1. The largest absolute Gasteiger partial charge is 0.399 e. The molecule has 0 heterocycles. The standard InChI is InChI=1S/C13H19FN2O/c1-3-12(8-9(2)14)16-13(17)10-4-6-11(15)7-5-10/h4-7,9,12H,3,8,15H2,1-2H3,(H,16,17). The second-order valence-electron chi connectivity index (χ2n) is 4.22. The number of benzene rings is 1. The van der Waals surface area contributed by atoms with Crippen molar-refractivity contribution in [2.24, 2.45) is 0 Å². The highest BCUT2D eigenvalue weighted by Gasteiger charge is 2.14. The molecule has 0 aliphatic rings. The van der Waals surface area contributed by atoms with Crippen LogP contribution in [0, 0.1) is 0 Å². The minimum atomic E-state index is -0.910. The van der Waals surface area contributed by atoms with Crippen LogP contribution in [0.25, 0.3) is 0 Å². The molecule has 0 radical (unpaired) electrons. The molecular weight excluding hydrogens is 219 g/mol. The van der Waals surface area contributed by atoms with Crippen molar-refractivity contribution in [2.45, 2.75) is 38.9 Å². The minimum absolute atomic E-state index is 0.125. The van der Waals surface area contributed by atoms with Gasteiger partial charge in [-0.05, 0) is 44.0 Å². The molecule has 2 atom stereocenters. The Morgan fingerprint density at radius 1 is 1.41 bits per heavy atom. The van der Waals surface area contributed by atoms with E-state index in [0.29, 0.717) is 17.7 Å². The Balaban J connectivity index is 2.61. The number of halogens is 1. The maximum absolute atomic E-state index is 12.9. The third kappa shape index (κ3) is 4.43. The van der Waals surface area contributed by atoms with Gasteiger partial charge in [-0.2, -0.15) is 0 Å². The van der Waals surface area contributed by atoms with Gasteiger partial charge in [-0.1, -0.05) is 6.92 Å². The average molecular weight is 238 g/mol. The highest BCUT2D eigenvalue weighted by molar-refractivity contribution is 5.94. The van der Waals surface area contributed by atoms with E-state index in [1.54, 1.807) is 24.3 Å². The van der Waals surface area contributed by atoms with E-state index < -0.39 is 6.17 Å². The van der Waals surface area contributed by atoms with Crippen LogP contribution in [0.1, 0.15) is 37.0 Å². The molecule has 0 saturated carbocycles. The number of hydrogen-bond donors (Lipinski definition) is 2. The van der Waals surface area contributed by atoms with Crippen LogP contribution in [0.3, 0.4) is 0 Å². The van der Waals surface area contributed by atoms with E-state index in [4.69, 9.17) is 5.73 Å². The van der Waals surface area contributed by atoms with Gasteiger partial charge in [-0.25, -0.2) is 4.39 Å². The predicted octanol–water partition coefficient (Wildman–Crippen LogP) is 2.53. The van der Waals surface area contributed by atoms with Gasteiger partial charge in [0, 0.05) is 17.3 Å². The lowest BCUT2D eigenvalue weighted by molar-refractivity contribution is 0.0928. The summed E-state index contributed by atoms with van der Waals surface area (Å²) in [6.45, 7) is 3.42. The number of nitrogens with two attached hydrogens (primary N) is 1. The fraction of sp³-hybridized carbons (Fsp3) is 0.462. The molecule has 0 aliphatic heterocycles. The number of nitrogen functional groups attached to an aromatic ring is 1. The monoisotopic (exact) mass is 238 g/mol. The molecule has 1 aromatic carbocycles. The molecule has 1 rings (SSSR count). The van der Waals surface area contributed by atoms with E-state index in [-0.39, 0.29) is 11.9 Å². The molecule has 1 aromatic rings. The van der Waals surface area contributed by atoms with Crippen LogP contribution in [0.4, 0.5) is 10.1 Å². The fourth-order valence-corrected chi connectivity index (χ4v) is 1.62. The van der Waals surface area contributed by atoms with Crippen LogP contribution < -0.4 is 11.1 Å². The zero-order chi connectivity index (χ0) is 12.8. The summed E-state index contributed by atoms with van der Waals surface area (Å²) in [5.41, 5.74) is 6.70. The summed E-state index contributed by atoms with van der Waals surface area (Å²) in [4.78, 5) is 11.8. The normalized spacial score (nSPS) is 14.1. The Kier molecular flexibility index (Phi) is 4.94. The van der Waals surface area contributed by atoms with Crippen LogP contribution in [-0.4, -0.2) is 18.1 Å². The summed E-state index contributed by atoms with van der Waals surface area (Å²) in [7, 11) is 0. The summed E-state index contributed by atoms with van der Waals surface area (Å²) in [5, 5.41) is 2.81. The van der Waals surface area contributed by atoms with E-state index >= 15 is 0 Å². The van der Waals surface area contributed by atoms with Gasteiger partial charge in [0.1, 0.15) is 0 Å². The molecule has 1 amide bonds. The number of alkyl halides is 1. The number of amides is 1. The van der Waals surface area contributed by atoms with Gasteiger partial charge in [0.25, 0.3) is 5.91 Å². The third-order valence-corrected chi connectivity index (χ3v) is 2.61. The second-order valence-corrected chi connectivity index (χ2v) is 4.22. The number of carbonyl (C=O) groups excluding carboxylic acids is 1.